The Bertz CT molecular complexity index is 541. The van der Waals surface area contributed by atoms with E-state index in [-0.39, 0.29) is 6.03 Å². The summed E-state index contributed by atoms with van der Waals surface area (Å²) in [5.41, 5.74) is 1.99. The molecule has 0 unspecified atom stereocenters. The predicted molar refractivity (Wildman–Crippen MR) is 81.1 cm³/mol. The molecule has 0 radical (unpaired) electrons. The normalized spacial score (nSPS) is 10.2. The van der Waals surface area contributed by atoms with Gasteiger partial charge in [0.1, 0.15) is 0 Å². The van der Waals surface area contributed by atoms with E-state index in [2.05, 4.69) is 27.5 Å². The Hall–Kier alpha value is -1.95. The molecule has 106 valence electrons. The molecule has 2 heterocycles. The molecule has 0 saturated heterocycles. The minimum Gasteiger partial charge on any atom is -0.337 e. The van der Waals surface area contributed by atoms with E-state index < -0.39 is 0 Å². The molecule has 6 heteroatoms. The molecule has 0 spiro atoms. The summed E-state index contributed by atoms with van der Waals surface area (Å²) in [5, 5.41) is 8.16. The van der Waals surface area contributed by atoms with Crippen molar-refractivity contribution in [1.29, 1.82) is 0 Å². The Morgan fingerprint density at radius 2 is 2.20 bits per heavy atom. The molecule has 0 fully saturated rings. The van der Waals surface area contributed by atoms with Crippen LogP contribution in [0.1, 0.15) is 24.7 Å². The van der Waals surface area contributed by atoms with Gasteiger partial charge in [-0.3, -0.25) is 10.3 Å². The number of nitrogens with zero attached hydrogens (tertiary/aromatic N) is 2. The Balaban J connectivity index is 1.72. The number of urea groups is 1. The molecule has 2 aromatic heterocycles. The van der Waals surface area contributed by atoms with E-state index in [4.69, 9.17) is 0 Å². The predicted octanol–water partition coefficient (Wildman–Crippen LogP) is 2.85. The van der Waals surface area contributed by atoms with E-state index in [1.807, 2.05) is 23.6 Å². The van der Waals surface area contributed by atoms with Gasteiger partial charge in [-0.2, -0.15) is 0 Å². The van der Waals surface area contributed by atoms with Crippen LogP contribution in [0.5, 0.6) is 0 Å². The fourth-order valence-corrected chi connectivity index (χ4v) is 2.47. The highest BCUT2D eigenvalue weighted by Crippen LogP contribution is 2.16. The maximum atomic E-state index is 11.7. The van der Waals surface area contributed by atoms with Crippen LogP contribution in [0.3, 0.4) is 0 Å². The van der Waals surface area contributed by atoms with Crippen molar-refractivity contribution >= 4 is 22.5 Å². The van der Waals surface area contributed by atoms with E-state index in [1.54, 1.807) is 6.20 Å². The summed E-state index contributed by atoms with van der Waals surface area (Å²) in [6.07, 6.45) is 4.46. The fourth-order valence-electron chi connectivity index (χ4n) is 1.73. The maximum Gasteiger partial charge on any atom is 0.321 e. The number of carbonyl (C=O) groups excluding carboxylic acids is 1. The van der Waals surface area contributed by atoms with Gasteiger partial charge in [-0.05, 0) is 18.6 Å². The van der Waals surface area contributed by atoms with Gasteiger partial charge in [-0.1, -0.05) is 19.4 Å². The highest BCUT2D eigenvalue weighted by Gasteiger charge is 2.05. The standard InChI is InChI=1S/C14H18N4OS/c1-2-5-12-10-20-14(17-12)18-13(19)16-9-7-11-6-3-4-8-15-11/h3-4,6,8,10H,2,5,7,9H2,1H3,(H2,16,17,18,19). The fraction of sp³-hybridized carbons (Fsp3) is 0.357. The Morgan fingerprint density at radius 1 is 1.30 bits per heavy atom. The summed E-state index contributed by atoms with van der Waals surface area (Å²) in [5.74, 6) is 0. The minimum absolute atomic E-state index is 0.224. The molecule has 5 nitrogen and oxygen atoms in total. The van der Waals surface area contributed by atoms with Crippen LogP contribution < -0.4 is 10.6 Å². The van der Waals surface area contributed by atoms with Crippen LogP contribution in [0, 0.1) is 0 Å². The van der Waals surface area contributed by atoms with Crippen LogP contribution in [-0.2, 0) is 12.8 Å². The van der Waals surface area contributed by atoms with Gasteiger partial charge in [0.15, 0.2) is 5.13 Å². The van der Waals surface area contributed by atoms with Crippen LogP contribution in [-0.4, -0.2) is 22.5 Å². The van der Waals surface area contributed by atoms with Crippen molar-refractivity contribution in [2.24, 2.45) is 0 Å². The number of amides is 2. The molecular formula is C14H18N4OS. The second-order valence-corrected chi connectivity index (χ2v) is 5.20. The Morgan fingerprint density at radius 3 is 2.95 bits per heavy atom. The number of aryl methyl sites for hydroxylation is 1. The maximum absolute atomic E-state index is 11.7. The van der Waals surface area contributed by atoms with E-state index >= 15 is 0 Å². The first-order valence-corrected chi connectivity index (χ1v) is 7.55. The smallest absolute Gasteiger partial charge is 0.321 e. The van der Waals surface area contributed by atoms with Crippen LogP contribution in [0.25, 0.3) is 0 Å². The average Bonchev–Trinajstić information content (AvgIpc) is 2.88. The second kappa shape index (κ2) is 7.59. The topological polar surface area (TPSA) is 66.9 Å². The van der Waals surface area contributed by atoms with E-state index in [1.165, 1.54) is 11.3 Å². The number of rotatable bonds is 6. The third kappa shape index (κ3) is 4.62. The van der Waals surface area contributed by atoms with Crippen molar-refractivity contribution < 1.29 is 4.79 Å². The first kappa shape index (κ1) is 14.5. The molecule has 0 saturated carbocycles. The lowest BCUT2D eigenvalue weighted by atomic mass is 10.3. The summed E-state index contributed by atoms with van der Waals surface area (Å²) >= 11 is 1.45. The third-order valence-electron chi connectivity index (χ3n) is 2.67. The largest absolute Gasteiger partial charge is 0.337 e. The number of anilines is 1. The molecule has 2 aromatic rings. The van der Waals surface area contributed by atoms with Gasteiger partial charge in [0, 0.05) is 30.2 Å². The Kier molecular flexibility index (Phi) is 5.49. The molecule has 0 atom stereocenters. The minimum atomic E-state index is -0.224. The average molecular weight is 290 g/mol. The van der Waals surface area contributed by atoms with E-state index in [9.17, 15) is 4.79 Å². The lowest BCUT2D eigenvalue weighted by Gasteiger charge is -2.04. The van der Waals surface area contributed by atoms with Gasteiger partial charge in [0.25, 0.3) is 0 Å². The van der Waals surface area contributed by atoms with Gasteiger partial charge in [-0.25, -0.2) is 9.78 Å². The highest BCUT2D eigenvalue weighted by atomic mass is 32.1. The van der Waals surface area contributed by atoms with E-state index in [0.29, 0.717) is 18.1 Å². The zero-order valence-electron chi connectivity index (χ0n) is 11.4. The molecule has 0 aliphatic carbocycles. The number of hydrogen-bond donors (Lipinski definition) is 2. The van der Waals surface area contributed by atoms with Gasteiger partial charge in [-0.15, -0.1) is 11.3 Å². The van der Waals surface area contributed by atoms with Crippen LogP contribution in [0.4, 0.5) is 9.93 Å². The lowest BCUT2D eigenvalue weighted by Crippen LogP contribution is -2.30. The van der Waals surface area contributed by atoms with Crippen molar-refractivity contribution in [2.75, 3.05) is 11.9 Å². The number of pyridine rings is 1. The molecule has 0 aliphatic heterocycles. The number of aromatic nitrogens is 2. The monoisotopic (exact) mass is 290 g/mol. The van der Waals surface area contributed by atoms with Crippen LogP contribution >= 0.6 is 11.3 Å². The van der Waals surface area contributed by atoms with Gasteiger partial charge in [0.2, 0.25) is 0 Å². The quantitative estimate of drug-likeness (QED) is 0.859. The Labute approximate surface area is 122 Å². The van der Waals surface area contributed by atoms with Gasteiger partial charge in [0.05, 0.1) is 5.69 Å². The number of hydrogen-bond acceptors (Lipinski definition) is 4. The van der Waals surface area contributed by atoms with Crippen molar-refractivity contribution in [2.45, 2.75) is 26.2 Å². The molecule has 0 bridgehead atoms. The molecule has 2 N–H and O–H groups in total. The van der Waals surface area contributed by atoms with Crippen molar-refractivity contribution in [3.8, 4) is 0 Å². The van der Waals surface area contributed by atoms with Crippen molar-refractivity contribution in [3.63, 3.8) is 0 Å². The first-order chi connectivity index (χ1) is 9.78. The van der Waals surface area contributed by atoms with Crippen molar-refractivity contribution in [3.05, 3.63) is 41.2 Å². The summed E-state index contributed by atoms with van der Waals surface area (Å²) < 4.78 is 0. The summed E-state index contributed by atoms with van der Waals surface area (Å²) in [6.45, 7) is 2.66. The zero-order chi connectivity index (χ0) is 14.2. The number of carbonyl (C=O) groups is 1. The lowest BCUT2D eigenvalue weighted by molar-refractivity contribution is 0.252. The van der Waals surface area contributed by atoms with Gasteiger partial charge >= 0.3 is 6.03 Å². The van der Waals surface area contributed by atoms with Gasteiger partial charge < -0.3 is 5.32 Å². The third-order valence-corrected chi connectivity index (χ3v) is 3.48. The molecule has 0 aromatic carbocycles. The zero-order valence-corrected chi connectivity index (χ0v) is 12.2. The van der Waals surface area contributed by atoms with Crippen LogP contribution in [0.15, 0.2) is 29.8 Å². The summed E-state index contributed by atoms with van der Waals surface area (Å²) in [6, 6.07) is 5.53. The SMILES string of the molecule is CCCc1csc(NC(=O)NCCc2ccccn2)n1. The molecule has 2 rings (SSSR count). The molecule has 0 aliphatic rings. The number of thiazole rings is 1. The second-order valence-electron chi connectivity index (χ2n) is 4.35. The van der Waals surface area contributed by atoms with Crippen molar-refractivity contribution in [1.82, 2.24) is 15.3 Å². The van der Waals surface area contributed by atoms with E-state index in [0.717, 1.165) is 24.2 Å². The molecular weight excluding hydrogens is 272 g/mol. The highest BCUT2D eigenvalue weighted by molar-refractivity contribution is 7.13. The summed E-state index contributed by atoms with van der Waals surface area (Å²) in [7, 11) is 0. The van der Waals surface area contributed by atoms with Crippen LogP contribution in [0.2, 0.25) is 0 Å². The number of nitrogens with one attached hydrogen (secondary N) is 2. The first-order valence-electron chi connectivity index (χ1n) is 6.67. The molecule has 20 heavy (non-hydrogen) atoms. The summed E-state index contributed by atoms with van der Waals surface area (Å²) in [4.78, 5) is 20.2. The molecule has 2 amide bonds.